The summed E-state index contributed by atoms with van der Waals surface area (Å²) in [7, 11) is -3.51. The number of nitrogen functional groups attached to an aromatic ring is 1. The monoisotopic (exact) mass is 284 g/mol. The first kappa shape index (κ1) is 14.3. The van der Waals surface area contributed by atoms with Gasteiger partial charge in [-0.2, -0.15) is 0 Å². The van der Waals surface area contributed by atoms with E-state index in [1.165, 1.54) is 18.9 Å². The molecule has 2 rings (SSSR count). The highest BCUT2D eigenvalue weighted by Crippen LogP contribution is 2.28. The number of nitrogens with one attached hydrogen (secondary N) is 1. The molecule has 3 N–H and O–H groups in total. The summed E-state index contributed by atoms with van der Waals surface area (Å²) < 4.78 is 32.1. The van der Waals surface area contributed by atoms with Gasteiger partial charge in [-0.05, 0) is 43.4 Å². The van der Waals surface area contributed by atoms with E-state index in [0.717, 1.165) is 6.61 Å². The SMILES string of the molecule is Cc1ccc(N)cc1S(=O)(=O)NCCOCC1CC1. The van der Waals surface area contributed by atoms with Crippen LogP contribution in [0.1, 0.15) is 18.4 Å². The molecule has 0 bridgehead atoms. The number of rotatable bonds is 7. The van der Waals surface area contributed by atoms with Crippen LogP contribution in [0, 0.1) is 12.8 Å². The van der Waals surface area contributed by atoms with Crippen molar-refractivity contribution in [1.29, 1.82) is 0 Å². The third-order valence-corrected chi connectivity index (χ3v) is 4.69. The molecule has 0 unspecified atom stereocenters. The van der Waals surface area contributed by atoms with E-state index in [1.807, 2.05) is 0 Å². The quantitative estimate of drug-likeness (QED) is 0.584. The van der Waals surface area contributed by atoms with E-state index in [2.05, 4.69) is 4.72 Å². The van der Waals surface area contributed by atoms with Gasteiger partial charge in [-0.25, -0.2) is 13.1 Å². The highest BCUT2D eigenvalue weighted by atomic mass is 32.2. The molecule has 1 aliphatic carbocycles. The zero-order chi connectivity index (χ0) is 13.9. The normalized spacial score (nSPS) is 15.6. The number of anilines is 1. The average molecular weight is 284 g/mol. The van der Waals surface area contributed by atoms with E-state index in [0.29, 0.717) is 23.8 Å². The summed E-state index contributed by atoms with van der Waals surface area (Å²) in [5.74, 6) is 0.688. The van der Waals surface area contributed by atoms with Crippen LogP contribution in [0.2, 0.25) is 0 Å². The summed E-state index contributed by atoms with van der Waals surface area (Å²) in [6, 6.07) is 4.86. The van der Waals surface area contributed by atoms with Crippen molar-refractivity contribution in [3.05, 3.63) is 23.8 Å². The van der Waals surface area contributed by atoms with Gasteiger partial charge in [0.1, 0.15) is 0 Å². The van der Waals surface area contributed by atoms with Crippen molar-refractivity contribution in [2.24, 2.45) is 5.92 Å². The Bertz CT molecular complexity index is 539. The van der Waals surface area contributed by atoms with Crippen LogP contribution in [0.3, 0.4) is 0 Å². The molecule has 0 amide bonds. The molecule has 1 saturated carbocycles. The lowest BCUT2D eigenvalue weighted by Gasteiger charge is -2.10. The van der Waals surface area contributed by atoms with Crippen molar-refractivity contribution in [3.63, 3.8) is 0 Å². The van der Waals surface area contributed by atoms with Gasteiger partial charge in [0.25, 0.3) is 0 Å². The first-order chi connectivity index (χ1) is 8.99. The van der Waals surface area contributed by atoms with Crippen LogP contribution in [0.25, 0.3) is 0 Å². The first-order valence-corrected chi connectivity index (χ1v) is 7.91. The van der Waals surface area contributed by atoms with Gasteiger partial charge in [-0.1, -0.05) is 6.07 Å². The van der Waals surface area contributed by atoms with E-state index < -0.39 is 10.0 Å². The van der Waals surface area contributed by atoms with Crippen molar-refractivity contribution >= 4 is 15.7 Å². The van der Waals surface area contributed by atoms with Crippen LogP contribution in [0.5, 0.6) is 0 Å². The molecular weight excluding hydrogens is 264 g/mol. The fourth-order valence-electron chi connectivity index (χ4n) is 1.77. The molecule has 0 aliphatic heterocycles. The fourth-order valence-corrected chi connectivity index (χ4v) is 3.06. The van der Waals surface area contributed by atoms with E-state index >= 15 is 0 Å². The molecule has 6 heteroatoms. The van der Waals surface area contributed by atoms with Crippen molar-refractivity contribution in [1.82, 2.24) is 4.72 Å². The maximum absolute atomic E-state index is 12.1. The lowest BCUT2D eigenvalue weighted by atomic mass is 10.2. The smallest absolute Gasteiger partial charge is 0.240 e. The molecule has 0 heterocycles. The predicted molar refractivity (Wildman–Crippen MR) is 74.3 cm³/mol. The van der Waals surface area contributed by atoms with Crippen LogP contribution in [-0.4, -0.2) is 28.2 Å². The van der Waals surface area contributed by atoms with E-state index in [4.69, 9.17) is 10.5 Å². The highest BCUT2D eigenvalue weighted by Gasteiger charge is 2.21. The highest BCUT2D eigenvalue weighted by molar-refractivity contribution is 7.89. The van der Waals surface area contributed by atoms with E-state index in [-0.39, 0.29) is 11.4 Å². The average Bonchev–Trinajstić information content (AvgIpc) is 3.15. The van der Waals surface area contributed by atoms with Gasteiger partial charge in [0.05, 0.1) is 11.5 Å². The van der Waals surface area contributed by atoms with Crippen molar-refractivity contribution in [3.8, 4) is 0 Å². The van der Waals surface area contributed by atoms with Gasteiger partial charge in [-0.3, -0.25) is 0 Å². The van der Waals surface area contributed by atoms with Crippen LogP contribution >= 0.6 is 0 Å². The molecule has 106 valence electrons. The topological polar surface area (TPSA) is 81.4 Å². The Morgan fingerprint density at radius 3 is 2.84 bits per heavy atom. The van der Waals surface area contributed by atoms with Gasteiger partial charge < -0.3 is 10.5 Å². The molecule has 0 atom stereocenters. The second-order valence-electron chi connectivity index (χ2n) is 4.94. The van der Waals surface area contributed by atoms with E-state index in [9.17, 15) is 8.42 Å². The number of sulfonamides is 1. The van der Waals surface area contributed by atoms with Crippen molar-refractivity contribution in [2.45, 2.75) is 24.7 Å². The van der Waals surface area contributed by atoms with E-state index in [1.54, 1.807) is 19.1 Å². The molecule has 1 aromatic rings. The summed E-state index contributed by atoms with van der Waals surface area (Å²) in [6.45, 7) is 3.16. The molecule has 1 aromatic carbocycles. The second-order valence-corrected chi connectivity index (χ2v) is 6.68. The Labute approximate surface area is 114 Å². The number of nitrogens with two attached hydrogens (primary N) is 1. The number of aryl methyl sites for hydroxylation is 1. The maximum Gasteiger partial charge on any atom is 0.240 e. The molecule has 0 saturated heterocycles. The Morgan fingerprint density at radius 1 is 1.42 bits per heavy atom. The predicted octanol–water partition coefficient (Wildman–Crippen LogP) is 1.28. The summed E-state index contributed by atoms with van der Waals surface area (Å²) in [5, 5.41) is 0. The second kappa shape index (κ2) is 5.90. The van der Waals surface area contributed by atoms with Gasteiger partial charge in [-0.15, -0.1) is 0 Å². The third-order valence-electron chi connectivity index (χ3n) is 3.09. The van der Waals surface area contributed by atoms with Crippen LogP contribution < -0.4 is 10.5 Å². The van der Waals surface area contributed by atoms with Crippen molar-refractivity contribution in [2.75, 3.05) is 25.5 Å². The molecule has 19 heavy (non-hydrogen) atoms. The fraction of sp³-hybridized carbons (Fsp3) is 0.538. The molecular formula is C13H20N2O3S. The minimum Gasteiger partial charge on any atom is -0.399 e. The van der Waals surface area contributed by atoms with Gasteiger partial charge >= 0.3 is 0 Å². The van der Waals surface area contributed by atoms with Gasteiger partial charge in [0.2, 0.25) is 10.0 Å². The summed E-state index contributed by atoms with van der Waals surface area (Å²) in [4.78, 5) is 0.231. The molecule has 1 fully saturated rings. The third kappa shape index (κ3) is 4.19. The largest absolute Gasteiger partial charge is 0.399 e. The minimum absolute atomic E-state index is 0.231. The lowest BCUT2D eigenvalue weighted by molar-refractivity contribution is 0.129. The summed E-state index contributed by atoms with van der Waals surface area (Å²) in [5.41, 5.74) is 6.75. The van der Waals surface area contributed by atoms with Crippen LogP contribution in [0.4, 0.5) is 5.69 Å². The molecule has 0 spiro atoms. The Kier molecular flexibility index (Phi) is 4.44. The maximum atomic E-state index is 12.1. The van der Waals surface area contributed by atoms with Crippen LogP contribution in [0.15, 0.2) is 23.1 Å². The minimum atomic E-state index is -3.51. The number of ether oxygens (including phenoxy) is 1. The standard InChI is InChI=1S/C13H20N2O3S/c1-10-2-5-12(14)8-13(10)19(16,17)15-6-7-18-9-11-3-4-11/h2,5,8,11,15H,3-4,6-7,9,14H2,1H3. The Hall–Kier alpha value is -1.11. The number of hydrogen-bond acceptors (Lipinski definition) is 4. The van der Waals surface area contributed by atoms with Gasteiger partial charge in [0.15, 0.2) is 0 Å². The molecule has 0 radical (unpaired) electrons. The Morgan fingerprint density at radius 2 is 2.16 bits per heavy atom. The first-order valence-electron chi connectivity index (χ1n) is 6.42. The van der Waals surface area contributed by atoms with Gasteiger partial charge in [0, 0.05) is 18.8 Å². The van der Waals surface area contributed by atoms with Crippen LogP contribution in [-0.2, 0) is 14.8 Å². The summed E-state index contributed by atoms with van der Waals surface area (Å²) >= 11 is 0. The number of hydrogen-bond donors (Lipinski definition) is 2. The lowest BCUT2D eigenvalue weighted by Crippen LogP contribution is -2.28. The zero-order valence-corrected chi connectivity index (χ0v) is 11.9. The zero-order valence-electron chi connectivity index (χ0n) is 11.1. The van der Waals surface area contributed by atoms with Crippen molar-refractivity contribution < 1.29 is 13.2 Å². The molecule has 0 aromatic heterocycles. The summed E-state index contributed by atoms with van der Waals surface area (Å²) in [6.07, 6.45) is 2.46. The number of benzene rings is 1. The Balaban J connectivity index is 1.87. The molecule has 1 aliphatic rings. The molecule has 5 nitrogen and oxygen atoms in total.